The van der Waals surface area contributed by atoms with E-state index in [0.717, 1.165) is 17.5 Å². The molecule has 150 valence electrons. The fraction of sp³-hybridized carbons (Fsp3) is 0.150. The second-order valence-electron chi connectivity index (χ2n) is 6.78. The van der Waals surface area contributed by atoms with Crippen LogP contribution < -0.4 is 15.0 Å². The van der Waals surface area contributed by atoms with Gasteiger partial charge in [-0.3, -0.25) is 9.78 Å². The Balaban J connectivity index is 1.46. The summed E-state index contributed by atoms with van der Waals surface area (Å²) in [5, 5.41) is 12.1. The molecule has 0 bridgehead atoms. The fourth-order valence-electron chi connectivity index (χ4n) is 3.46. The van der Waals surface area contributed by atoms with E-state index in [1.54, 1.807) is 30.6 Å². The van der Waals surface area contributed by atoms with Gasteiger partial charge in [-0.25, -0.2) is 19.7 Å². The van der Waals surface area contributed by atoms with Gasteiger partial charge < -0.3 is 15.2 Å². The molecule has 0 saturated carbocycles. The lowest BCUT2D eigenvalue weighted by Gasteiger charge is -2.33. The number of rotatable bonds is 4. The van der Waals surface area contributed by atoms with E-state index in [1.807, 2.05) is 19.1 Å². The zero-order valence-corrected chi connectivity index (χ0v) is 16.5. The summed E-state index contributed by atoms with van der Waals surface area (Å²) in [6.07, 6.45) is 4.71. The summed E-state index contributed by atoms with van der Waals surface area (Å²) >= 11 is 1.14. The molecule has 30 heavy (non-hydrogen) atoms. The van der Waals surface area contributed by atoms with Gasteiger partial charge in [0.05, 0.1) is 24.1 Å². The molecular formula is C20H15N5O4S. The summed E-state index contributed by atoms with van der Waals surface area (Å²) in [4.78, 5) is 38.7. The molecule has 2 amide bonds. The Bertz CT molecular complexity index is 1150. The predicted molar refractivity (Wildman–Crippen MR) is 108 cm³/mol. The van der Waals surface area contributed by atoms with Crippen LogP contribution in [0.4, 0.5) is 16.3 Å². The number of thioether (sulfide) groups is 1. The summed E-state index contributed by atoms with van der Waals surface area (Å²) in [5.41, 5.74) is 2.16. The van der Waals surface area contributed by atoms with Crippen LogP contribution in [-0.4, -0.2) is 37.3 Å². The Labute approximate surface area is 175 Å². The molecule has 5 heterocycles. The van der Waals surface area contributed by atoms with Gasteiger partial charge in [0.1, 0.15) is 27.6 Å². The average molecular weight is 421 g/mol. The van der Waals surface area contributed by atoms with Crippen molar-refractivity contribution < 1.29 is 19.4 Å². The third-order valence-corrected chi connectivity index (χ3v) is 6.10. The summed E-state index contributed by atoms with van der Waals surface area (Å²) in [7, 11) is 0. The van der Waals surface area contributed by atoms with Crippen LogP contribution in [0.3, 0.4) is 0 Å². The van der Waals surface area contributed by atoms with E-state index in [4.69, 9.17) is 4.74 Å². The summed E-state index contributed by atoms with van der Waals surface area (Å²) < 4.78 is 5.74. The van der Waals surface area contributed by atoms with E-state index in [9.17, 15) is 14.7 Å². The summed E-state index contributed by atoms with van der Waals surface area (Å²) in [5.74, 6) is 0.476. The van der Waals surface area contributed by atoms with Crippen LogP contribution in [-0.2, 0) is 4.79 Å². The Hall–Kier alpha value is -3.66. The van der Waals surface area contributed by atoms with Crippen LogP contribution in [0.2, 0.25) is 0 Å². The van der Waals surface area contributed by atoms with Gasteiger partial charge in [0.25, 0.3) is 0 Å². The zero-order chi connectivity index (χ0) is 20.8. The number of aliphatic carboxylic acids is 1. The average Bonchev–Trinajstić information content (AvgIpc) is 3.11. The number of anilines is 2. The van der Waals surface area contributed by atoms with Crippen LogP contribution in [0.5, 0.6) is 11.5 Å². The van der Waals surface area contributed by atoms with Gasteiger partial charge in [-0.1, -0.05) is 11.8 Å². The molecule has 3 aromatic rings. The molecular weight excluding hydrogens is 406 g/mol. The Morgan fingerprint density at radius 2 is 1.90 bits per heavy atom. The first-order chi connectivity index (χ1) is 14.5. The molecule has 0 fully saturated rings. The number of urea groups is 1. The number of aromatic nitrogens is 3. The van der Waals surface area contributed by atoms with Crippen molar-refractivity contribution in [3.8, 4) is 11.5 Å². The summed E-state index contributed by atoms with van der Waals surface area (Å²) in [6, 6.07) is 7.65. The number of carboxylic acid groups (broad SMARTS) is 1. The molecule has 3 aromatic heterocycles. The number of ether oxygens (including phenoxy) is 1. The van der Waals surface area contributed by atoms with Gasteiger partial charge >= 0.3 is 12.0 Å². The van der Waals surface area contributed by atoms with E-state index >= 15 is 0 Å². The first-order valence-corrected chi connectivity index (χ1v) is 9.95. The third-order valence-electron chi connectivity index (χ3n) is 4.82. The second-order valence-corrected chi connectivity index (χ2v) is 7.91. The van der Waals surface area contributed by atoms with Crippen molar-refractivity contribution in [1.29, 1.82) is 0 Å². The van der Waals surface area contributed by atoms with Crippen molar-refractivity contribution in [2.24, 2.45) is 0 Å². The highest BCUT2D eigenvalue weighted by atomic mass is 32.2. The largest absolute Gasteiger partial charge is 0.480 e. The van der Waals surface area contributed by atoms with Gasteiger partial charge in [0, 0.05) is 17.5 Å². The number of pyridine rings is 3. The number of hydrogen-bond acceptors (Lipinski definition) is 7. The van der Waals surface area contributed by atoms with Crippen molar-refractivity contribution >= 4 is 35.3 Å². The monoisotopic (exact) mass is 421 g/mol. The molecule has 2 N–H and O–H groups in total. The maximum absolute atomic E-state index is 12.8. The quantitative estimate of drug-likeness (QED) is 0.658. The Kier molecular flexibility index (Phi) is 4.28. The lowest BCUT2D eigenvalue weighted by atomic mass is 10.0. The maximum atomic E-state index is 12.8. The van der Waals surface area contributed by atoms with Gasteiger partial charge in [-0.05, 0) is 37.3 Å². The molecule has 0 radical (unpaired) electrons. The molecule has 0 spiro atoms. The van der Waals surface area contributed by atoms with Gasteiger partial charge in [0.2, 0.25) is 0 Å². The summed E-state index contributed by atoms with van der Waals surface area (Å²) in [6.45, 7) is 1.89. The van der Waals surface area contributed by atoms with E-state index in [-0.39, 0.29) is 0 Å². The van der Waals surface area contributed by atoms with Gasteiger partial charge in [-0.15, -0.1) is 0 Å². The molecule has 9 nitrogen and oxygen atoms in total. The molecule has 0 aromatic carbocycles. The number of carbonyl (C=O) groups is 2. The number of nitrogens with one attached hydrogen (secondary N) is 1. The molecule has 5 rings (SSSR count). The number of aryl methyl sites for hydroxylation is 1. The normalized spacial score (nSPS) is 19.2. The topological polar surface area (TPSA) is 118 Å². The van der Waals surface area contributed by atoms with Crippen molar-refractivity contribution in [2.45, 2.75) is 23.2 Å². The molecule has 2 unspecified atom stereocenters. The highest BCUT2D eigenvalue weighted by molar-refractivity contribution is 8.00. The molecule has 2 aliphatic rings. The highest BCUT2D eigenvalue weighted by Crippen LogP contribution is 2.50. The number of carboxylic acids is 1. The minimum absolute atomic E-state index is 0.387. The first kappa shape index (κ1) is 18.4. The highest BCUT2D eigenvalue weighted by Gasteiger charge is 2.46. The van der Waals surface area contributed by atoms with Crippen molar-refractivity contribution in [3.05, 3.63) is 60.2 Å². The SMILES string of the molecule is Cc1ccc(Oc2ccc(N3C(=O)NC4c5c3ccnc5SC4C(=O)O)nc2)cn1. The van der Waals surface area contributed by atoms with Crippen LogP contribution >= 0.6 is 11.8 Å². The van der Waals surface area contributed by atoms with Crippen LogP contribution in [0, 0.1) is 6.92 Å². The van der Waals surface area contributed by atoms with E-state index in [2.05, 4.69) is 20.3 Å². The van der Waals surface area contributed by atoms with Gasteiger partial charge in [0.15, 0.2) is 0 Å². The lowest BCUT2D eigenvalue weighted by Crippen LogP contribution is -2.47. The van der Waals surface area contributed by atoms with Crippen LogP contribution in [0.1, 0.15) is 17.3 Å². The standard InChI is InChI=1S/C20H15N5O4S/c1-10-2-3-11(8-22-10)29-12-4-5-14(23-9-12)25-13-6-7-21-18-15(13)16(24-20(25)28)17(30-18)19(26)27/h2-9,16-17H,1H3,(H,24,28)(H,26,27). The fourth-order valence-corrected chi connectivity index (χ4v) is 4.62. The molecule has 0 saturated heterocycles. The van der Waals surface area contributed by atoms with Crippen molar-refractivity contribution in [3.63, 3.8) is 0 Å². The van der Waals surface area contributed by atoms with Gasteiger partial charge in [-0.2, -0.15) is 0 Å². The number of amides is 2. The molecule has 2 atom stereocenters. The number of carbonyl (C=O) groups excluding carboxylic acids is 1. The molecule has 2 aliphatic heterocycles. The minimum Gasteiger partial charge on any atom is -0.480 e. The number of nitrogens with zero attached hydrogens (tertiary/aromatic N) is 4. The minimum atomic E-state index is -0.993. The third kappa shape index (κ3) is 3.01. The van der Waals surface area contributed by atoms with E-state index in [0.29, 0.717) is 33.6 Å². The zero-order valence-electron chi connectivity index (χ0n) is 15.6. The molecule has 0 aliphatic carbocycles. The second kappa shape index (κ2) is 6.99. The predicted octanol–water partition coefficient (Wildman–Crippen LogP) is 3.43. The lowest BCUT2D eigenvalue weighted by molar-refractivity contribution is -0.136. The smallest absolute Gasteiger partial charge is 0.328 e. The Morgan fingerprint density at radius 1 is 1.13 bits per heavy atom. The van der Waals surface area contributed by atoms with E-state index in [1.165, 1.54) is 11.1 Å². The van der Waals surface area contributed by atoms with Crippen molar-refractivity contribution in [2.75, 3.05) is 4.90 Å². The van der Waals surface area contributed by atoms with E-state index < -0.39 is 23.3 Å². The van der Waals surface area contributed by atoms with Crippen molar-refractivity contribution in [1.82, 2.24) is 20.3 Å². The van der Waals surface area contributed by atoms with Crippen LogP contribution in [0.25, 0.3) is 0 Å². The maximum Gasteiger partial charge on any atom is 0.328 e. The van der Waals surface area contributed by atoms with Crippen LogP contribution in [0.15, 0.2) is 53.9 Å². The number of hydrogen-bond donors (Lipinski definition) is 2. The molecule has 10 heteroatoms. The first-order valence-electron chi connectivity index (χ1n) is 9.07. The Morgan fingerprint density at radius 3 is 2.57 bits per heavy atom.